The molecule has 0 saturated heterocycles. The zero-order chi connectivity index (χ0) is 21.1. The Morgan fingerprint density at radius 1 is 0.733 bits per heavy atom. The van der Waals surface area contributed by atoms with Crippen LogP contribution in [0, 0.1) is 0 Å². The van der Waals surface area contributed by atoms with Gasteiger partial charge in [0, 0.05) is 0 Å². The second kappa shape index (κ2) is 8.52. The lowest BCUT2D eigenvalue weighted by atomic mass is 10.1. The highest BCUT2D eigenvalue weighted by Crippen LogP contribution is 2.32. The third kappa shape index (κ3) is 4.27. The van der Waals surface area contributed by atoms with Gasteiger partial charge in [-0.3, -0.25) is 9.59 Å². The van der Waals surface area contributed by atoms with E-state index in [1.54, 1.807) is 26.0 Å². The van der Waals surface area contributed by atoms with Crippen molar-refractivity contribution in [2.24, 2.45) is 0 Å². The van der Waals surface area contributed by atoms with Gasteiger partial charge in [0.05, 0.1) is 12.1 Å². The van der Waals surface area contributed by atoms with E-state index < -0.39 is 36.1 Å². The van der Waals surface area contributed by atoms with Crippen LogP contribution in [0.2, 0.25) is 0 Å². The standard InChI is InChI=1S/C22H24N2O6/c1-13(19-11-27-15-7-3-5-9-17(15)29-19)23-21(25)22(26)24-14(2)20-12-28-16-8-4-6-10-18(16)30-20/h3-10,13-14,19-20H,11-12H2,1-2H3,(H,23,25)(H,24,26)/t13-,14-,19-,20+/m1/s1. The Balaban J connectivity index is 1.28. The average molecular weight is 412 g/mol. The highest BCUT2D eigenvalue weighted by molar-refractivity contribution is 6.35. The molecule has 0 unspecified atom stereocenters. The molecule has 0 spiro atoms. The minimum absolute atomic E-state index is 0.281. The number of amides is 2. The van der Waals surface area contributed by atoms with Crippen LogP contribution in [0.5, 0.6) is 23.0 Å². The van der Waals surface area contributed by atoms with Crippen LogP contribution in [0.25, 0.3) is 0 Å². The molecule has 4 atom stereocenters. The summed E-state index contributed by atoms with van der Waals surface area (Å²) in [6.07, 6.45) is -0.804. The molecule has 2 aliphatic rings. The van der Waals surface area contributed by atoms with Crippen molar-refractivity contribution >= 4 is 11.8 Å². The van der Waals surface area contributed by atoms with Crippen LogP contribution in [0.4, 0.5) is 0 Å². The third-order valence-electron chi connectivity index (χ3n) is 5.10. The number of hydrogen-bond donors (Lipinski definition) is 2. The number of para-hydroxylation sites is 4. The maximum Gasteiger partial charge on any atom is 0.309 e. The third-order valence-corrected chi connectivity index (χ3v) is 5.10. The lowest BCUT2D eigenvalue weighted by Crippen LogP contribution is -2.55. The Bertz CT molecular complexity index is 858. The topological polar surface area (TPSA) is 95.1 Å². The van der Waals surface area contributed by atoms with Crippen LogP contribution in [0.3, 0.4) is 0 Å². The summed E-state index contributed by atoms with van der Waals surface area (Å²) >= 11 is 0. The normalized spacial score (nSPS) is 21.1. The number of carbonyl (C=O) groups excluding carboxylic acids is 2. The van der Waals surface area contributed by atoms with Crippen molar-refractivity contribution < 1.29 is 28.5 Å². The summed E-state index contributed by atoms with van der Waals surface area (Å²) in [7, 11) is 0. The second-order valence-electron chi connectivity index (χ2n) is 7.35. The number of ether oxygens (including phenoxy) is 4. The summed E-state index contributed by atoms with van der Waals surface area (Å²) in [5.74, 6) is 1.07. The molecule has 0 aromatic heterocycles. The van der Waals surface area contributed by atoms with E-state index in [1.165, 1.54) is 0 Å². The quantitative estimate of drug-likeness (QED) is 0.742. The van der Waals surface area contributed by atoms with Crippen molar-refractivity contribution in [2.75, 3.05) is 13.2 Å². The maximum absolute atomic E-state index is 12.4. The van der Waals surface area contributed by atoms with E-state index in [0.717, 1.165) is 0 Å². The molecule has 30 heavy (non-hydrogen) atoms. The van der Waals surface area contributed by atoms with E-state index in [-0.39, 0.29) is 13.2 Å². The molecule has 2 aromatic carbocycles. The molecule has 0 fully saturated rings. The summed E-state index contributed by atoms with van der Waals surface area (Å²) < 4.78 is 23.1. The summed E-state index contributed by atoms with van der Waals surface area (Å²) in [5.41, 5.74) is 0. The number of fused-ring (bicyclic) bond motifs is 2. The van der Waals surface area contributed by atoms with Crippen LogP contribution in [-0.2, 0) is 9.59 Å². The first-order chi connectivity index (χ1) is 14.5. The SMILES string of the molecule is C[C@@H](NC(=O)C(=O)N[C@H](C)[C@H]1COc2ccccc2O1)[C@@H]1COc2ccccc2O1. The zero-order valence-electron chi connectivity index (χ0n) is 16.8. The predicted molar refractivity (Wildman–Crippen MR) is 108 cm³/mol. The molecule has 2 aliphatic heterocycles. The largest absolute Gasteiger partial charge is 0.486 e. The van der Waals surface area contributed by atoms with Crippen molar-refractivity contribution in [1.29, 1.82) is 0 Å². The smallest absolute Gasteiger partial charge is 0.309 e. The van der Waals surface area contributed by atoms with Crippen LogP contribution < -0.4 is 29.6 Å². The molecule has 158 valence electrons. The van der Waals surface area contributed by atoms with Gasteiger partial charge in [-0.2, -0.15) is 0 Å². The van der Waals surface area contributed by atoms with Gasteiger partial charge in [-0.25, -0.2) is 0 Å². The lowest BCUT2D eigenvalue weighted by molar-refractivity contribution is -0.140. The van der Waals surface area contributed by atoms with Crippen molar-refractivity contribution in [3.63, 3.8) is 0 Å². The fraction of sp³-hybridized carbons (Fsp3) is 0.364. The zero-order valence-corrected chi connectivity index (χ0v) is 16.8. The van der Waals surface area contributed by atoms with Crippen molar-refractivity contribution in [2.45, 2.75) is 38.1 Å². The molecule has 0 radical (unpaired) electrons. The Labute approximate surface area is 174 Å². The van der Waals surface area contributed by atoms with E-state index in [9.17, 15) is 9.59 Å². The highest BCUT2D eigenvalue weighted by atomic mass is 16.6. The van der Waals surface area contributed by atoms with Crippen LogP contribution in [0.1, 0.15) is 13.8 Å². The predicted octanol–water partition coefficient (Wildman–Crippen LogP) is 1.68. The monoisotopic (exact) mass is 412 g/mol. The van der Waals surface area contributed by atoms with Gasteiger partial charge in [-0.15, -0.1) is 0 Å². The van der Waals surface area contributed by atoms with Crippen LogP contribution >= 0.6 is 0 Å². The van der Waals surface area contributed by atoms with Gasteiger partial charge < -0.3 is 29.6 Å². The maximum atomic E-state index is 12.4. The van der Waals surface area contributed by atoms with Gasteiger partial charge in [-0.1, -0.05) is 24.3 Å². The Morgan fingerprint density at radius 3 is 1.50 bits per heavy atom. The molecule has 4 rings (SSSR count). The summed E-state index contributed by atoms with van der Waals surface area (Å²) in [5, 5.41) is 5.35. The second-order valence-corrected chi connectivity index (χ2v) is 7.35. The molecule has 8 heteroatoms. The van der Waals surface area contributed by atoms with E-state index >= 15 is 0 Å². The molecular weight excluding hydrogens is 388 g/mol. The Morgan fingerprint density at radius 2 is 1.10 bits per heavy atom. The van der Waals surface area contributed by atoms with Crippen molar-refractivity contribution in [3.05, 3.63) is 48.5 Å². The summed E-state index contributed by atoms with van der Waals surface area (Å²) in [6, 6.07) is 13.8. The van der Waals surface area contributed by atoms with Crippen LogP contribution in [-0.4, -0.2) is 49.3 Å². The van der Waals surface area contributed by atoms with E-state index in [4.69, 9.17) is 18.9 Å². The average Bonchev–Trinajstić information content (AvgIpc) is 2.78. The van der Waals surface area contributed by atoms with Gasteiger partial charge in [-0.05, 0) is 38.1 Å². The summed E-state index contributed by atoms with van der Waals surface area (Å²) in [6.45, 7) is 4.10. The number of rotatable bonds is 4. The molecule has 0 bridgehead atoms. The first kappa shape index (κ1) is 19.9. The van der Waals surface area contributed by atoms with Gasteiger partial charge in [0.2, 0.25) is 0 Å². The molecule has 0 saturated carbocycles. The fourth-order valence-electron chi connectivity index (χ4n) is 3.29. The van der Waals surface area contributed by atoms with Gasteiger partial charge in [0.15, 0.2) is 35.2 Å². The minimum atomic E-state index is -0.742. The van der Waals surface area contributed by atoms with Gasteiger partial charge >= 0.3 is 11.8 Å². The Kier molecular flexibility index (Phi) is 5.65. The minimum Gasteiger partial charge on any atom is -0.486 e. The van der Waals surface area contributed by atoms with Crippen molar-refractivity contribution in [3.8, 4) is 23.0 Å². The highest BCUT2D eigenvalue weighted by Gasteiger charge is 2.31. The molecule has 2 N–H and O–H groups in total. The van der Waals surface area contributed by atoms with Gasteiger partial charge in [0.25, 0.3) is 0 Å². The number of carbonyl (C=O) groups is 2. The first-order valence-electron chi connectivity index (χ1n) is 9.89. The first-order valence-corrected chi connectivity index (χ1v) is 9.89. The molecule has 2 amide bonds. The molecule has 8 nitrogen and oxygen atoms in total. The van der Waals surface area contributed by atoms with Crippen molar-refractivity contribution in [1.82, 2.24) is 10.6 Å². The molecule has 0 aliphatic carbocycles. The lowest BCUT2D eigenvalue weighted by Gasteiger charge is -2.31. The van der Waals surface area contributed by atoms with E-state index in [1.807, 2.05) is 36.4 Å². The number of hydrogen-bond acceptors (Lipinski definition) is 6. The Hall–Kier alpha value is -3.42. The van der Waals surface area contributed by atoms with E-state index in [2.05, 4.69) is 10.6 Å². The van der Waals surface area contributed by atoms with Crippen LogP contribution in [0.15, 0.2) is 48.5 Å². The molecular formula is C22H24N2O6. The van der Waals surface area contributed by atoms with Gasteiger partial charge in [0.1, 0.15) is 13.2 Å². The number of nitrogens with one attached hydrogen (secondary N) is 2. The summed E-state index contributed by atoms with van der Waals surface area (Å²) in [4.78, 5) is 24.7. The molecule has 2 aromatic rings. The number of benzene rings is 2. The molecule has 2 heterocycles. The fourth-order valence-corrected chi connectivity index (χ4v) is 3.29. The van der Waals surface area contributed by atoms with E-state index in [0.29, 0.717) is 23.0 Å².